The Hall–Kier alpha value is -3.95. The summed E-state index contributed by atoms with van der Waals surface area (Å²) in [5.41, 5.74) is 3.96. The van der Waals surface area contributed by atoms with Crippen molar-refractivity contribution in [1.29, 1.82) is 0 Å². The number of hydrogen-bond acceptors (Lipinski definition) is 4. The molecule has 5 nitrogen and oxygen atoms in total. The van der Waals surface area contributed by atoms with Crippen LogP contribution in [0, 0.1) is 29.1 Å². The van der Waals surface area contributed by atoms with Crippen molar-refractivity contribution in [2.75, 3.05) is 6.61 Å². The third-order valence-electron chi connectivity index (χ3n) is 6.39. The minimum atomic E-state index is -2.38. The van der Waals surface area contributed by atoms with Crippen LogP contribution in [0.4, 0.5) is 26.7 Å². The fraction of sp³-hybridized carbons (Fsp3) is 0.286. The molecule has 38 heavy (non-hydrogen) atoms. The molecular formula is C28H24F5NO4. The van der Waals surface area contributed by atoms with Crippen molar-refractivity contribution in [2.24, 2.45) is 0 Å². The highest BCUT2D eigenvalue weighted by molar-refractivity contribution is 5.83. The van der Waals surface area contributed by atoms with Crippen molar-refractivity contribution < 1.29 is 41.0 Å². The molecular weight excluding hydrogens is 509 g/mol. The van der Waals surface area contributed by atoms with Gasteiger partial charge in [-0.05, 0) is 28.7 Å². The summed E-state index contributed by atoms with van der Waals surface area (Å²) in [6.07, 6.45) is 0.814. The van der Waals surface area contributed by atoms with Gasteiger partial charge in [0.05, 0.1) is 0 Å². The predicted octanol–water partition coefficient (Wildman–Crippen LogP) is 6.78. The van der Waals surface area contributed by atoms with Crippen molar-refractivity contribution in [3.63, 3.8) is 0 Å². The number of esters is 1. The van der Waals surface area contributed by atoms with E-state index in [9.17, 15) is 31.5 Å². The maximum atomic E-state index is 14.0. The van der Waals surface area contributed by atoms with Gasteiger partial charge in [-0.2, -0.15) is 8.78 Å². The van der Waals surface area contributed by atoms with E-state index in [0.717, 1.165) is 28.7 Å². The summed E-state index contributed by atoms with van der Waals surface area (Å²) >= 11 is 0. The molecule has 1 atom stereocenters. The Morgan fingerprint density at radius 1 is 0.816 bits per heavy atom. The van der Waals surface area contributed by atoms with Gasteiger partial charge < -0.3 is 14.8 Å². The zero-order chi connectivity index (χ0) is 27.4. The Morgan fingerprint density at radius 3 is 1.89 bits per heavy atom. The Kier molecular flexibility index (Phi) is 8.29. The molecule has 1 N–H and O–H groups in total. The highest BCUT2D eigenvalue weighted by Crippen LogP contribution is 2.44. The summed E-state index contributed by atoms with van der Waals surface area (Å²) in [5.74, 6) is -14.8. The molecule has 1 amide bonds. The van der Waals surface area contributed by atoms with E-state index in [4.69, 9.17) is 4.74 Å². The van der Waals surface area contributed by atoms with Gasteiger partial charge in [-0.1, -0.05) is 74.7 Å². The molecule has 0 aliphatic heterocycles. The lowest BCUT2D eigenvalue weighted by Gasteiger charge is -2.19. The van der Waals surface area contributed by atoms with Crippen molar-refractivity contribution >= 4 is 12.1 Å². The van der Waals surface area contributed by atoms with Crippen LogP contribution in [0.2, 0.25) is 0 Å². The number of fused-ring (bicyclic) bond motifs is 3. The van der Waals surface area contributed by atoms with Crippen LogP contribution in [0.5, 0.6) is 5.75 Å². The number of alkyl carbamates (subject to hydrolysis) is 1. The molecule has 1 aliphatic rings. The van der Waals surface area contributed by atoms with Crippen LogP contribution in [-0.4, -0.2) is 24.7 Å². The number of benzene rings is 3. The SMILES string of the molecule is CCCCC[C@H](NC(=O)OCC1c2ccccc2-c2ccccc21)C(=O)Oc1c(F)c(F)c(F)c(F)c1F. The number of carbonyl (C=O) groups excluding carboxylic acids is 2. The number of nitrogens with one attached hydrogen (secondary N) is 1. The first-order chi connectivity index (χ1) is 18.2. The van der Waals surface area contributed by atoms with Gasteiger partial charge in [-0.25, -0.2) is 22.8 Å². The first-order valence-electron chi connectivity index (χ1n) is 12.1. The predicted molar refractivity (Wildman–Crippen MR) is 128 cm³/mol. The maximum absolute atomic E-state index is 14.0. The highest BCUT2D eigenvalue weighted by Gasteiger charge is 2.33. The molecule has 0 unspecified atom stereocenters. The fourth-order valence-corrected chi connectivity index (χ4v) is 4.48. The molecule has 0 aromatic heterocycles. The molecule has 10 heteroatoms. The molecule has 0 saturated carbocycles. The van der Waals surface area contributed by atoms with Gasteiger partial charge >= 0.3 is 12.1 Å². The first-order valence-corrected chi connectivity index (χ1v) is 12.1. The lowest BCUT2D eigenvalue weighted by atomic mass is 9.98. The summed E-state index contributed by atoms with van der Waals surface area (Å²) in [6, 6.07) is 13.9. The smallest absolute Gasteiger partial charge is 0.407 e. The van der Waals surface area contributed by atoms with E-state index in [0.29, 0.717) is 12.8 Å². The Bertz CT molecular complexity index is 1290. The molecule has 3 aromatic rings. The number of hydrogen-bond donors (Lipinski definition) is 1. The summed E-state index contributed by atoms with van der Waals surface area (Å²) < 4.78 is 78.4. The lowest BCUT2D eigenvalue weighted by molar-refractivity contribution is -0.137. The normalized spacial score (nSPS) is 13.0. The van der Waals surface area contributed by atoms with Gasteiger partial charge in [-0.15, -0.1) is 0 Å². The maximum Gasteiger partial charge on any atom is 0.407 e. The van der Waals surface area contributed by atoms with E-state index in [2.05, 4.69) is 10.1 Å². The number of halogens is 5. The van der Waals surface area contributed by atoms with E-state index in [-0.39, 0.29) is 18.9 Å². The van der Waals surface area contributed by atoms with Gasteiger partial charge in [0.2, 0.25) is 34.8 Å². The second-order valence-corrected chi connectivity index (χ2v) is 8.84. The standard InChI is InChI=1S/C28H24F5NO4/c1-2-3-4-13-20(27(35)38-26-24(32)22(30)21(29)23(31)25(26)33)34-28(36)37-14-19-17-11-7-5-9-15(17)16-10-6-8-12-18(16)19/h5-12,19-20H,2-4,13-14H2,1H3,(H,34,36)/t20-/m0/s1. The summed E-state index contributed by atoms with van der Waals surface area (Å²) in [4.78, 5) is 25.3. The first kappa shape index (κ1) is 27.1. The molecule has 0 radical (unpaired) electrons. The van der Waals surface area contributed by atoms with Gasteiger partial charge in [0, 0.05) is 5.92 Å². The largest absolute Gasteiger partial charge is 0.449 e. The minimum Gasteiger partial charge on any atom is -0.449 e. The molecule has 0 saturated heterocycles. The molecule has 0 fully saturated rings. The van der Waals surface area contributed by atoms with Crippen LogP contribution in [0.3, 0.4) is 0 Å². The van der Waals surface area contributed by atoms with Gasteiger partial charge in [0.1, 0.15) is 12.6 Å². The number of rotatable bonds is 9. The number of ether oxygens (including phenoxy) is 2. The third kappa shape index (κ3) is 5.34. The van der Waals surface area contributed by atoms with Crippen LogP contribution in [0.1, 0.15) is 49.7 Å². The monoisotopic (exact) mass is 533 g/mol. The van der Waals surface area contributed by atoms with Gasteiger partial charge in [0.25, 0.3) is 0 Å². The molecule has 0 bridgehead atoms. The van der Waals surface area contributed by atoms with Crippen molar-refractivity contribution in [1.82, 2.24) is 5.32 Å². The van der Waals surface area contributed by atoms with E-state index < -0.39 is 52.9 Å². The van der Waals surface area contributed by atoms with E-state index >= 15 is 0 Å². The average molecular weight is 533 g/mol. The Balaban J connectivity index is 1.47. The summed E-state index contributed by atoms with van der Waals surface area (Å²) in [5, 5.41) is 2.31. The van der Waals surface area contributed by atoms with E-state index in [1.54, 1.807) is 0 Å². The second-order valence-electron chi connectivity index (χ2n) is 8.84. The average Bonchev–Trinajstić information content (AvgIpc) is 3.25. The second kappa shape index (κ2) is 11.6. The van der Waals surface area contributed by atoms with Gasteiger partial charge in [0.15, 0.2) is 0 Å². The van der Waals surface area contributed by atoms with Crippen molar-refractivity contribution in [3.05, 3.63) is 88.7 Å². The van der Waals surface area contributed by atoms with Gasteiger partial charge in [-0.3, -0.25) is 0 Å². The van der Waals surface area contributed by atoms with Crippen LogP contribution in [0.25, 0.3) is 11.1 Å². The molecule has 1 aliphatic carbocycles. The summed E-state index contributed by atoms with van der Waals surface area (Å²) in [6.45, 7) is 1.83. The van der Waals surface area contributed by atoms with E-state index in [1.165, 1.54) is 0 Å². The number of carbonyl (C=O) groups is 2. The molecule has 0 spiro atoms. The molecule has 4 rings (SSSR count). The molecule has 0 heterocycles. The molecule has 200 valence electrons. The Morgan fingerprint density at radius 2 is 1.34 bits per heavy atom. The van der Waals surface area contributed by atoms with Crippen LogP contribution < -0.4 is 10.1 Å². The number of amides is 1. The van der Waals surface area contributed by atoms with Crippen molar-refractivity contribution in [2.45, 2.75) is 44.6 Å². The fourth-order valence-electron chi connectivity index (χ4n) is 4.48. The van der Waals surface area contributed by atoms with Crippen LogP contribution in [-0.2, 0) is 9.53 Å². The van der Waals surface area contributed by atoms with E-state index in [1.807, 2.05) is 55.5 Å². The quantitative estimate of drug-likeness (QED) is 0.0823. The Labute approximate surface area is 215 Å². The highest BCUT2D eigenvalue weighted by atomic mass is 19.2. The molecule has 3 aromatic carbocycles. The summed E-state index contributed by atoms with van der Waals surface area (Å²) in [7, 11) is 0. The topological polar surface area (TPSA) is 64.6 Å². The lowest BCUT2D eigenvalue weighted by Crippen LogP contribution is -2.43. The zero-order valence-electron chi connectivity index (χ0n) is 20.3. The third-order valence-corrected chi connectivity index (χ3v) is 6.39. The van der Waals surface area contributed by atoms with Crippen molar-refractivity contribution in [3.8, 4) is 16.9 Å². The minimum absolute atomic E-state index is 0.00767. The van der Waals surface area contributed by atoms with Crippen LogP contribution in [0.15, 0.2) is 48.5 Å². The number of unbranched alkanes of at least 4 members (excludes halogenated alkanes) is 2. The zero-order valence-corrected chi connectivity index (χ0v) is 20.3. The van der Waals surface area contributed by atoms with Crippen LogP contribution >= 0.6 is 0 Å².